The molecule has 1 aromatic heterocycles. The normalized spacial score (nSPS) is 12.1. The minimum absolute atomic E-state index is 0.0117. The number of para-hydroxylation sites is 1. The van der Waals surface area contributed by atoms with E-state index in [2.05, 4.69) is 29.5 Å². The van der Waals surface area contributed by atoms with Crippen molar-refractivity contribution in [1.29, 1.82) is 0 Å². The zero-order valence-corrected chi connectivity index (χ0v) is 14.1. The van der Waals surface area contributed by atoms with Gasteiger partial charge in [-0.25, -0.2) is 0 Å². The SMILES string of the molecule is CCC(C)Nc1ccc(NC(=O)Cc2c[nH]c3ccccc23)cc1. The lowest BCUT2D eigenvalue weighted by Gasteiger charge is -2.13. The third-order valence-corrected chi connectivity index (χ3v) is 4.22. The topological polar surface area (TPSA) is 56.9 Å². The fourth-order valence-electron chi connectivity index (χ4n) is 2.69. The second-order valence-corrected chi connectivity index (χ2v) is 6.12. The summed E-state index contributed by atoms with van der Waals surface area (Å²) in [5, 5.41) is 7.47. The maximum atomic E-state index is 12.3. The van der Waals surface area contributed by atoms with Gasteiger partial charge in [0.15, 0.2) is 0 Å². The Balaban J connectivity index is 1.62. The molecule has 1 amide bonds. The van der Waals surface area contributed by atoms with Gasteiger partial charge in [0, 0.05) is 34.5 Å². The van der Waals surface area contributed by atoms with E-state index in [1.807, 2.05) is 54.7 Å². The van der Waals surface area contributed by atoms with Crippen molar-refractivity contribution in [3.8, 4) is 0 Å². The van der Waals surface area contributed by atoms with Crippen LogP contribution in [0.3, 0.4) is 0 Å². The van der Waals surface area contributed by atoms with Crippen molar-refractivity contribution in [1.82, 2.24) is 4.98 Å². The van der Waals surface area contributed by atoms with Crippen molar-refractivity contribution in [3.05, 3.63) is 60.3 Å². The average Bonchev–Trinajstić information content (AvgIpc) is 2.99. The lowest BCUT2D eigenvalue weighted by Crippen LogP contribution is -2.15. The average molecular weight is 321 g/mol. The molecule has 0 saturated carbocycles. The molecule has 0 aliphatic rings. The van der Waals surface area contributed by atoms with Gasteiger partial charge in [-0.2, -0.15) is 0 Å². The van der Waals surface area contributed by atoms with Crippen molar-refractivity contribution < 1.29 is 4.79 Å². The molecule has 0 saturated heterocycles. The van der Waals surface area contributed by atoms with Crippen LogP contribution in [0.25, 0.3) is 10.9 Å². The first-order chi connectivity index (χ1) is 11.7. The molecular formula is C20H23N3O. The third kappa shape index (κ3) is 3.77. The fraction of sp³-hybridized carbons (Fsp3) is 0.250. The van der Waals surface area contributed by atoms with Gasteiger partial charge in [-0.3, -0.25) is 4.79 Å². The van der Waals surface area contributed by atoms with Crippen molar-refractivity contribution in [2.24, 2.45) is 0 Å². The number of amides is 1. The number of aromatic nitrogens is 1. The van der Waals surface area contributed by atoms with Gasteiger partial charge in [0.25, 0.3) is 0 Å². The Bertz CT molecular complexity index is 820. The summed E-state index contributed by atoms with van der Waals surface area (Å²) in [5.41, 5.74) is 3.95. The van der Waals surface area contributed by atoms with Crippen molar-refractivity contribution >= 4 is 28.2 Å². The maximum absolute atomic E-state index is 12.3. The molecule has 4 nitrogen and oxygen atoms in total. The van der Waals surface area contributed by atoms with Crippen LogP contribution in [0.4, 0.5) is 11.4 Å². The molecule has 0 aliphatic heterocycles. The van der Waals surface area contributed by atoms with E-state index >= 15 is 0 Å². The monoisotopic (exact) mass is 321 g/mol. The summed E-state index contributed by atoms with van der Waals surface area (Å²) in [4.78, 5) is 15.5. The van der Waals surface area contributed by atoms with Gasteiger partial charge >= 0.3 is 0 Å². The van der Waals surface area contributed by atoms with Crippen LogP contribution in [0.1, 0.15) is 25.8 Å². The Kier molecular flexibility index (Phi) is 4.85. The van der Waals surface area contributed by atoms with Crippen LogP contribution < -0.4 is 10.6 Å². The van der Waals surface area contributed by atoms with Crippen LogP contribution in [-0.4, -0.2) is 16.9 Å². The number of hydrogen-bond acceptors (Lipinski definition) is 2. The lowest BCUT2D eigenvalue weighted by molar-refractivity contribution is -0.115. The van der Waals surface area contributed by atoms with E-state index in [-0.39, 0.29) is 5.91 Å². The number of carbonyl (C=O) groups is 1. The molecule has 1 heterocycles. The molecule has 24 heavy (non-hydrogen) atoms. The van der Waals surface area contributed by atoms with E-state index in [9.17, 15) is 4.79 Å². The molecule has 0 spiro atoms. The Labute approximate surface area is 142 Å². The van der Waals surface area contributed by atoms with Crippen molar-refractivity contribution in [2.75, 3.05) is 10.6 Å². The van der Waals surface area contributed by atoms with E-state index in [4.69, 9.17) is 0 Å². The Morgan fingerprint density at radius 3 is 2.54 bits per heavy atom. The van der Waals surface area contributed by atoms with Crippen LogP contribution >= 0.6 is 0 Å². The van der Waals surface area contributed by atoms with Gasteiger partial charge in [-0.15, -0.1) is 0 Å². The highest BCUT2D eigenvalue weighted by Gasteiger charge is 2.09. The first kappa shape index (κ1) is 16.1. The molecule has 0 aliphatic carbocycles. The molecule has 3 aromatic rings. The number of fused-ring (bicyclic) bond motifs is 1. The Morgan fingerprint density at radius 1 is 1.08 bits per heavy atom. The first-order valence-corrected chi connectivity index (χ1v) is 8.37. The molecule has 2 aromatic carbocycles. The minimum atomic E-state index is -0.0117. The molecule has 0 radical (unpaired) electrons. The highest BCUT2D eigenvalue weighted by atomic mass is 16.1. The van der Waals surface area contributed by atoms with Gasteiger partial charge in [0.2, 0.25) is 5.91 Å². The first-order valence-electron chi connectivity index (χ1n) is 8.37. The standard InChI is InChI=1S/C20H23N3O/c1-3-14(2)22-16-8-10-17(11-9-16)23-20(24)12-15-13-21-19-7-5-4-6-18(15)19/h4-11,13-14,21-22H,3,12H2,1-2H3,(H,23,24). The third-order valence-electron chi connectivity index (χ3n) is 4.22. The number of aromatic amines is 1. The highest BCUT2D eigenvalue weighted by Crippen LogP contribution is 2.19. The Morgan fingerprint density at radius 2 is 1.79 bits per heavy atom. The fourth-order valence-corrected chi connectivity index (χ4v) is 2.69. The van der Waals surface area contributed by atoms with Crippen LogP contribution in [-0.2, 0) is 11.2 Å². The molecule has 1 unspecified atom stereocenters. The highest BCUT2D eigenvalue weighted by molar-refractivity contribution is 5.95. The van der Waals surface area contributed by atoms with Crippen LogP contribution in [0, 0.1) is 0 Å². The number of hydrogen-bond donors (Lipinski definition) is 3. The van der Waals surface area contributed by atoms with Crippen LogP contribution in [0.2, 0.25) is 0 Å². The number of anilines is 2. The zero-order valence-electron chi connectivity index (χ0n) is 14.1. The molecule has 3 N–H and O–H groups in total. The summed E-state index contributed by atoms with van der Waals surface area (Å²) in [6.07, 6.45) is 3.34. The van der Waals surface area contributed by atoms with Gasteiger partial charge < -0.3 is 15.6 Å². The molecule has 0 fully saturated rings. The molecule has 4 heteroatoms. The van der Waals surface area contributed by atoms with E-state index < -0.39 is 0 Å². The second kappa shape index (κ2) is 7.21. The molecule has 1 atom stereocenters. The predicted octanol–water partition coefficient (Wildman–Crippen LogP) is 4.56. The molecule has 3 rings (SSSR count). The van der Waals surface area contributed by atoms with E-state index in [1.165, 1.54) is 0 Å². The molecular weight excluding hydrogens is 298 g/mol. The zero-order chi connectivity index (χ0) is 16.9. The lowest BCUT2D eigenvalue weighted by atomic mass is 10.1. The van der Waals surface area contributed by atoms with Crippen LogP contribution in [0.5, 0.6) is 0 Å². The summed E-state index contributed by atoms with van der Waals surface area (Å²) in [7, 11) is 0. The van der Waals surface area contributed by atoms with Gasteiger partial charge in [0.05, 0.1) is 6.42 Å². The number of rotatable bonds is 6. The van der Waals surface area contributed by atoms with E-state index in [0.29, 0.717) is 12.5 Å². The number of carbonyl (C=O) groups excluding carboxylic acids is 1. The smallest absolute Gasteiger partial charge is 0.228 e. The largest absolute Gasteiger partial charge is 0.383 e. The summed E-state index contributed by atoms with van der Waals surface area (Å²) >= 11 is 0. The number of H-pyrrole nitrogens is 1. The minimum Gasteiger partial charge on any atom is -0.383 e. The van der Waals surface area contributed by atoms with Gasteiger partial charge in [-0.1, -0.05) is 25.1 Å². The Hall–Kier alpha value is -2.75. The van der Waals surface area contributed by atoms with Crippen LogP contribution in [0.15, 0.2) is 54.7 Å². The quantitative estimate of drug-likeness (QED) is 0.623. The summed E-state index contributed by atoms with van der Waals surface area (Å²) in [6.45, 7) is 4.30. The maximum Gasteiger partial charge on any atom is 0.228 e. The number of nitrogens with one attached hydrogen (secondary N) is 3. The van der Waals surface area contributed by atoms with Crippen molar-refractivity contribution in [3.63, 3.8) is 0 Å². The second-order valence-electron chi connectivity index (χ2n) is 6.12. The molecule has 0 bridgehead atoms. The summed E-state index contributed by atoms with van der Waals surface area (Å²) in [5.74, 6) is -0.0117. The van der Waals surface area contributed by atoms with E-state index in [0.717, 1.165) is 34.3 Å². The van der Waals surface area contributed by atoms with Crippen molar-refractivity contribution in [2.45, 2.75) is 32.7 Å². The number of benzene rings is 2. The summed E-state index contributed by atoms with van der Waals surface area (Å²) in [6, 6.07) is 16.3. The van der Waals surface area contributed by atoms with Gasteiger partial charge in [0.1, 0.15) is 0 Å². The van der Waals surface area contributed by atoms with E-state index in [1.54, 1.807) is 0 Å². The summed E-state index contributed by atoms with van der Waals surface area (Å²) < 4.78 is 0. The molecule has 124 valence electrons. The van der Waals surface area contributed by atoms with Gasteiger partial charge in [-0.05, 0) is 49.2 Å². The predicted molar refractivity (Wildman–Crippen MR) is 100 cm³/mol.